The zero-order valence-corrected chi connectivity index (χ0v) is 25.4. The zero-order valence-electron chi connectivity index (χ0n) is 25.4. The van der Waals surface area contributed by atoms with E-state index in [-0.39, 0.29) is 55.3 Å². The van der Waals surface area contributed by atoms with Gasteiger partial charge in [0.25, 0.3) is 0 Å². The van der Waals surface area contributed by atoms with E-state index in [0.717, 1.165) is 0 Å². The topological polar surface area (TPSA) is 140 Å². The van der Waals surface area contributed by atoms with Crippen molar-refractivity contribution in [3.63, 3.8) is 0 Å². The van der Waals surface area contributed by atoms with E-state index in [0.29, 0.717) is 17.9 Å². The highest BCUT2D eigenvalue weighted by Crippen LogP contribution is 2.32. The molecule has 40 heavy (non-hydrogen) atoms. The second-order valence-corrected chi connectivity index (χ2v) is 11.4. The highest BCUT2D eigenvalue weighted by Gasteiger charge is 2.36. The van der Waals surface area contributed by atoms with Crippen LogP contribution in [0.15, 0.2) is 18.2 Å². The third-order valence-electron chi connectivity index (χ3n) is 6.97. The van der Waals surface area contributed by atoms with E-state index in [1.165, 1.54) is 19.2 Å². The fourth-order valence-corrected chi connectivity index (χ4v) is 3.34. The Hall–Kier alpha value is -3.14. The van der Waals surface area contributed by atoms with Crippen molar-refractivity contribution in [2.45, 2.75) is 80.2 Å². The summed E-state index contributed by atoms with van der Waals surface area (Å²) in [6, 6.07) is 4.64. The number of hydrogen-bond acceptors (Lipinski definition) is 10. The Morgan fingerprint density at radius 1 is 0.800 bits per heavy atom. The molecule has 1 rings (SSSR count). The second kappa shape index (κ2) is 16.2. The first kappa shape index (κ1) is 34.9. The molecule has 2 unspecified atom stereocenters. The number of carbonyl (C=O) groups excluding carboxylic acids is 4. The van der Waals surface area contributed by atoms with Crippen LogP contribution in [0.3, 0.4) is 0 Å². The molecule has 0 saturated heterocycles. The van der Waals surface area contributed by atoms with Crippen molar-refractivity contribution in [3.05, 3.63) is 23.8 Å². The lowest BCUT2D eigenvalue weighted by atomic mass is 9.88. The summed E-state index contributed by atoms with van der Waals surface area (Å²) >= 11 is 0. The Labute approximate surface area is 238 Å². The van der Waals surface area contributed by atoms with E-state index >= 15 is 0 Å². The van der Waals surface area contributed by atoms with Crippen LogP contribution >= 0.6 is 0 Å². The van der Waals surface area contributed by atoms with Crippen molar-refractivity contribution in [1.29, 1.82) is 0 Å². The average molecular weight is 566 g/mol. The maximum Gasteiger partial charge on any atom is 0.508 e. The van der Waals surface area contributed by atoms with Crippen LogP contribution in [0.4, 0.5) is 4.79 Å². The smallest absolute Gasteiger partial charge is 0.468 e. The summed E-state index contributed by atoms with van der Waals surface area (Å²) in [6.45, 7) is 15.2. The molecule has 3 atom stereocenters. The van der Waals surface area contributed by atoms with Gasteiger partial charge < -0.3 is 29.4 Å². The molecule has 0 aliphatic rings. The number of benzene rings is 1. The number of hydrogen-bond donors (Lipinski definition) is 1. The van der Waals surface area contributed by atoms with Crippen LogP contribution in [-0.2, 0) is 35.0 Å². The van der Waals surface area contributed by atoms with E-state index < -0.39 is 35.5 Å². The van der Waals surface area contributed by atoms with Gasteiger partial charge in [-0.15, -0.1) is 0 Å². The predicted molar refractivity (Wildman–Crippen MR) is 150 cm³/mol. The molecular weight excluding hydrogens is 518 g/mol. The van der Waals surface area contributed by atoms with Gasteiger partial charge in [0.05, 0.1) is 32.2 Å². The van der Waals surface area contributed by atoms with E-state index in [9.17, 15) is 19.2 Å². The highest BCUT2D eigenvalue weighted by molar-refractivity contribution is 5.81. The summed E-state index contributed by atoms with van der Waals surface area (Å²) in [4.78, 5) is 50.0. The van der Waals surface area contributed by atoms with Gasteiger partial charge in [0, 0.05) is 12.8 Å². The third kappa shape index (κ3) is 11.2. The normalized spacial score (nSPS) is 14.3. The Morgan fingerprint density at radius 2 is 1.32 bits per heavy atom. The van der Waals surface area contributed by atoms with Crippen LogP contribution in [0.2, 0.25) is 0 Å². The fraction of sp³-hybridized carbons (Fsp3) is 0.667. The quantitative estimate of drug-likeness (QED) is 0.226. The molecule has 1 aromatic carbocycles. The number of nitrogens with two attached hydrogens (primary N) is 1. The molecule has 10 nitrogen and oxygen atoms in total. The summed E-state index contributed by atoms with van der Waals surface area (Å²) in [5, 5.41) is 0. The molecule has 1 aromatic rings. The van der Waals surface area contributed by atoms with Crippen molar-refractivity contribution in [3.8, 4) is 11.5 Å². The molecule has 0 bridgehead atoms. The minimum atomic E-state index is -1.57. The highest BCUT2D eigenvalue weighted by atomic mass is 16.7. The number of ether oxygens (including phenoxy) is 5. The Kier molecular flexibility index (Phi) is 14.1. The molecule has 2 N–H and O–H groups in total. The van der Waals surface area contributed by atoms with E-state index in [1.807, 2.05) is 41.5 Å². The van der Waals surface area contributed by atoms with E-state index in [1.54, 1.807) is 19.9 Å². The van der Waals surface area contributed by atoms with Crippen LogP contribution in [0, 0.1) is 29.6 Å². The fourth-order valence-electron chi connectivity index (χ4n) is 3.34. The first-order valence-electron chi connectivity index (χ1n) is 13.8. The van der Waals surface area contributed by atoms with Crippen LogP contribution in [-0.4, -0.2) is 49.9 Å². The van der Waals surface area contributed by atoms with Gasteiger partial charge in [0.15, 0.2) is 11.5 Å². The molecular formula is C30H47NO9. The maximum absolute atomic E-state index is 12.8. The number of methoxy groups -OCH3 is 1. The number of rotatable bonds is 15. The van der Waals surface area contributed by atoms with Gasteiger partial charge in [0.1, 0.15) is 5.54 Å². The molecule has 0 aromatic heterocycles. The van der Waals surface area contributed by atoms with Gasteiger partial charge >= 0.3 is 24.1 Å². The summed E-state index contributed by atoms with van der Waals surface area (Å²) in [6.07, 6.45) is -0.237. The van der Waals surface area contributed by atoms with Crippen LogP contribution in [0.25, 0.3) is 0 Å². The lowest BCUT2D eigenvalue weighted by molar-refractivity contribution is -0.148. The lowest BCUT2D eigenvalue weighted by Gasteiger charge is -2.27. The molecule has 0 heterocycles. The molecule has 0 spiro atoms. The molecule has 0 saturated carbocycles. The summed E-state index contributed by atoms with van der Waals surface area (Å²) < 4.78 is 26.3. The first-order valence-corrected chi connectivity index (χ1v) is 13.8. The van der Waals surface area contributed by atoms with Gasteiger partial charge in [-0.05, 0) is 41.9 Å². The van der Waals surface area contributed by atoms with Crippen molar-refractivity contribution in [1.82, 2.24) is 0 Å². The molecule has 0 amide bonds. The third-order valence-corrected chi connectivity index (χ3v) is 6.97. The van der Waals surface area contributed by atoms with Gasteiger partial charge in [-0.25, -0.2) is 4.79 Å². The molecule has 0 radical (unpaired) electrons. The minimum Gasteiger partial charge on any atom is -0.468 e. The standard InChI is InChI=1S/C30H47NO9/c1-18(2)12-14-37-29(35)38-15-13-30(31,28(34)36-9)17-23-10-11-24(39-26(32)21(7)19(3)4)25(16-23)40-27(33)22(8)20(5)6/h10-11,16,18-22H,12-15,17,31H2,1-9H3/t21?,22?,30-/m1/s1. The lowest BCUT2D eigenvalue weighted by Crippen LogP contribution is -2.51. The van der Waals surface area contributed by atoms with Gasteiger partial charge in [-0.2, -0.15) is 0 Å². The van der Waals surface area contributed by atoms with Crippen molar-refractivity contribution >= 4 is 24.1 Å². The minimum absolute atomic E-state index is 0.0238. The summed E-state index contributed by atoms with van der Waals surface area (Å²) in [5.74, 6) is -1.89. The van der Waals surface area contributed by atoms with Crippen molar-refractivity contribution in [2.75, 3.05) is 20.3 Å². The molecule has 0 aliphatic heterocycles. The summed E-state index contributed by atoms with van der Waals surface area (Å²) in [5.41, 5.74) is 5.39. The Balaban J connectivity index is 3.18. The van der Waals surface area contributed by atoms with Gasteiger partial charge in [-0.3, -0.25) is 14.4 Å². The van der Waals surface area contributed by atoms with Gasteiger partial charge in [0.2, 0.25) is 0 Å². The Morgan fingerprint density at radius 3 is 1.82 bits per heavy atom. The van der Waals surface area contributed by atoms with Crippen molar-refractivity contribution in [2.24, 2.45) is 35.3 Å². The largest absolute Gasteiger partial charge is 0.508 e. The van der Waals surface area contributed by atoms with Crippen molar-refractivity contribution < 1.29 is 42.9 Å². The molecule has 0 fully saturated rings. The van der Waals surface area contributed by atoms with E-state index in [2.05, 4.69) is 0 Å². The average Bonchev–Trinajstić information content (AvgIpc) is 2.88. The monoisotopic (exact) mass is 565 g/mol. The number of carbonyl (C=O) groups is 4. The SMILES string of the molecule is COC(=O)[C@@](N)(CCOC(=O)OCCC(C)C)Cc1ccc(OC(=O)C(C)C(C)C)c(OC(=O)C(C)C(C)C)c1. The second-order valence-electron chi connectivity index (χ2n) is 11.4. The maximum atomic E-state index is 12.8. The van der Waals surface area contributed by atoms with E-state index in [4.69, 9.17) is 29.4 Å². The molecule has 226 valence electrons. The summed E-state index contributed by atoms with van der Waals surface area (Å²) in [7, 11) is 1.21. The first-order chi connectivity index (χ1) is 18.6. The van der Waals surface area contributed by atoms with Crippen LogP contribution < -0.4 is 15.2 Å². The van der Waals surface area contributed by atoms with Crippen LogP contribution in [0.1, 0.15) is 73.8 Å². The Bertz CT molecular complexity index is 1000. The zero-order chi connectivity index (χ0) is 30.6. The molecule has 10 heteroatoms. The molecule has 0 aliphatic carbocycles. The van der Waals surface area contributed by atoms with Crippen LogP contribution in [0.5, 0.6) is 11.5 Å². The predicted octanol–water partition coefficient (Wildman–Crippen LogP) is 5.08. The van der Waals surface area contributed by atoms with Gasteiger partial charge in [-0.1, -0.05) is 61.5 Å². The number of esters is 3.